The van der Waals surface area contributed by atoms with Gasteiger partial charge in [-0.3, -0.25) is 9.59 Å². The highest BCUT2D eigenvalue weighted by molar-refractivity contribution is 5.79. The molecule has 0 saturated heterocycles. The van der Waals surface area contributed by atoms with E-state index >= 15 is 0 Å². The van der Waals surface area contributed by atoms with Gasteiger partial charge in [-0.05, 0) is 30.4 Å². The van der Waals surface area contributed by atoms with Crippen LogP contribution in [0.15, 0.2) is 36.4 Å². The lowest BCUT2D eigenvalue weighted by atomic mass is 9.93. The van der Waals surface area contributed by atoms with Crippen molar-refractivity contribution in [1.82, 2.24) is 5.32 Å². The lowest BCUT2D eigenvalue weighted by Gasteiger charge is -2.17. The van der Waals surface area contributed by atoms with E-state index in [9.17, 15) is 9.59 Å². The average Bonchev–Trinajstić information content (AvgIpc) is 2.46. The summed E-state index contributed by atoms with van der Waals surface area (Å²) in [7, 11) is 0. The van der Waals surface area contributed by atoms with E-state index in [4.69, 9.17) is 5.11 Å². The van der Waals surface area contributed by atoms with Crippen molar-refractivity contribution in [3.8, 4) is 0 Å². The smallest absolute Gasteiger partial charge is 0.307 e. The number of carboxylic acid groups (broad SMARTS) is 1. The van der Waals surface area contributed by atoms with E-state index in [1.165, 1.54) is 0 Å². The van der Waals surface area contributed by atoms with Gasteiger partial charge >= 0.3 is 5.97 Å². The van der Waals surface area contributed by atoms with Crippen molar-refractivity contribution in [3.63, 3.8) is 0 Å². The van der Waals surface area contributed by atoms with Crippen LogP contribution in [0.3, 0.4) is 0 Å². The van der Waals surface area contributed by atoms with Crippen LogP contribution in [0.5, 0.6) is 0 Å². The SMILES string of the molecule is O=C(O)Cc1ccc(CNC(=O)C2CC=CCC2)cc1. The van der Waals surface area contributed by atoms with E-state index in [0.29, 0.717) is 6.54 Å². The Morgan fingerprint density at radius 3 is 2.45 bits per heavy atom. The first-order valence-corrected chi connectivity index (χ1v) is 6.87. The predicted molar refractivity (Wildman–Crippen MR) is 76.1 cm³/mol. The third kappa shape index (κ3) is 4.23. The molecule has 1 aliphatic rings. The number of benzene rings is 1. The number of allylic oxidation sites excluding steroid dienone is 2. The molecule has 2 N–H and O–H groups in total. The van der Waals surface area contributed by atoms with Crippen LogP contribution in [-0.2, 0) is 22.6 Å². The maximum Gasteiger partial charge on any atom is 0.307 e. The van der Waals surface area contributed by atoms with Crippen LogP contribution >= 0.6 is 0 Å². The zero-order chi connectivity index (χ0) is 14.4. The topological polar surface area (TPSA) is 66.4 Å². The summed E-state index contributed by atoms with van der Waals surface area (Å²) in [6.45, 7) is 0.492. The molecule has 0 saturated carbocycles. The fourth-order valence-corrected chi connectivity index (χ4v) is 2.31. The van der Waals surface area contributed by atoms with Crippen molar-refractivity contribution >= 4 is 11.9 Å². The molecule has 0 radical (unpaired) electrons. The van der Waals surface area contributed by atoms with E-state index in [1.807, 2.05) is 12.1 Å². The molecule has 0 aromatic heterocycles. The molecule has 1 aromatic rings. The number of nitrogens with one attached hydrogen (secondary N) is 1. The Kier molecular flexibility index (Phi) is 4.93. The van der Waals surface area contributed by atoms with Crippen molar-refractivity contribution in [2.45, 2.75) is 32.2 Å². The van der Waals surface area contributed by atoms with Crippen molar-refractivity contribution in [2.24, 2.45) is 5.92 Å². The largest absolute Gasteiger partial charge is 0.481 e. The summed E-state index contributed by atoms with van der Waals surface area (Å²) in [5.41, 5.74) is 1.75. The number of carboxylic acids is 1. The molecule has 106 valence electrons. The van der Waals surface area contributed by atoms with Crippen LogP contribution < -0.4 is 5.32 Å². The Balaban J connectivity index is 1.82. The molecular formula is C16H19NO3. The molecule has 4 nitrogen and oxygen atoms in total. The van der Waals surface area contributed by atoms with Gasteiger partial charge in [0, 0.05) is 12.5 Å². The van der Waals surface area contributed by atoms with Crippen molar-refractivity contribution in [3.05, 3.63) is 47.5 Å². The lowest BCUT2D eigenvalue weighted by molar-refractivity contribution is -0.136. The third-order valence-corrected chi connectivity index (χ3v) is 3.48. The van der Waals surface area contributed by atoms with Gasteiger partial charge in [-0.1, -0.05) is 36.4 Å². The Morgan fingerprint density at radius 1 is 1.15 bits per heavy atom. The molecule has 0 fully saturated rings. The maximum atomic E-state index is 12.0. The first-order chi connectivity index (χ1) is 9.65. The number of hydrogen-bond donors (Lipinski definition) is 2. The Bertz CT molecular complexity index is 505. The number of carbonyl (C=O) groups is 2. The Labute approximate surface area is 118 Å². The molecule has 0 heterocycles. The van der Waals surface area contributed by atoms with Crippen LogP contribution in [0.25, 0.3) is 0 Å². The van der Waals surface area contributed by atoms with Crippen LogP contribution in [0.2, 0.25) is 0 Å². The highest BCUT2D eigenvalue weighted by Gasteiger charge is 2.17. The first-order valence-electron chi connectivity index (χ1n) is 6.87. The van der Waals surface area contributed by atoms with Crippen LogP contribution in [-0.4, -0.2) is 17.0 Å². The summed E-state index contributed by atoms with van der Waals surface area (Å²) in [5.74, 6) is -0.647. The van der Waals surface area contributed by atoms with Gasteiger partial charge in [-0.25, -0.2) is 0 Å². The molecule has 4 heteroatoms. The van der Waals surface area contributed by atoms with Gasteiger partial charge in [0.05, 0.1) is 6.42 Å². The normalized spacial score (nSPS) is 17.7. The maximum absolute atomic E-state index is 12.0. The molecule has 0 aliphatic heterocycles. The number of amides is 1. The molecule has 0 spiro atoms. The molecule has 1 amide bonds. The van der Waals surface area contributed by atoms with Gasteiger partial charge in [0.25, 0.3) is 0 Å². The third-order valence-electron chi connectivity index (χ3n) is 3.48. The fourth-order valence-electron chi connectivity index (χ4n) is 2.31. The first kappa shape index (κ1) is 14.3. The van der Waals surface area contributed by atoms with Crippen LogP contribution in [0.4, 0.5) is 0 Å². The average molecular weight is 273 g/mol. The quantitative estimate of drug-likeness (QED) is 0.809. The van der Waals surface area contributed by atoms with Gasteiger partial charge in [-0.2, -0.15) is 0 Å². The predicted octanol–water partition coefficient (Wildman–Crippen LogP) is 2.29. The molecule has 2 rings (SSSR count). The summed E-state index contributed by atoms with van der Waals surface area (Å²) in [4.78, 5) is 22.5. The van der Waals surface area contributed by atoms with Crippen molar-refractivity contribution in [2.75, 3.05) is 0 Å². The summed E-state index contributed by atoms with van der Waals surface area (Å²) < 4.78 is 0. The van der Waals surface area contributed by atoms with E-state index in [0.717, 1.165) is 30.4 Å². The van der Waals surface area contributed by atoms with Crippen molar-refractivity contribution in [1.29, 1.82) is 0 Å². The molecule has 1 atom stereocenters. The molecule has 0 bridgehead atoms. The van der Waals surface area contributed by atoms with E-state index in [1.54, 1.807) is 12.1 Å². The monoisotopic (exact) mass is 273 g/mol. The van der Waals surface area contributed by atoms with Gasteiger partial charge in [0.15, 0.2) is 0 Å². The highest BCUT2D eigenvalue weighted by atomic mass is 16.4. The number of rotatable bonds is 5. The molecule has 1 aliphatic carbocycles. The Hall–Kier alpha value is -2.10. The van der Waals surface area contributed by atoms with E-state index in [2.05, 4.69) is 17.5 Å². The van der Waals surface area contributed by atoms with Gasteiger partial charge in [0.1, 0.15) is 0 Å². The summed E-state index contributed by atoms with van der Waals surface area (Å²) in [5, 5.41) is 11.6. The second-order valence-corrected chi connectivity index (χ2v) is 5.09. The summed E-state index contributed by atoms with van der Waals surface area (Å²) >= 11 is 0. The van der Waals surface area contributed by atoms with Crippen LogP contribution in [0, 0.1) is 5.92 Å². The minimum absolute atomic E-state index is 0.0288. The number of carbonyl (C=O) groups excluding carboxylic acids is 1. The lowest BCUT2D eigenvalue weighted by Crippen LogP contribution is -2.30. The fraction of sp³-hybridized carbons (Fsp3) is 0.375. The second-order valence-electron chi connectivity index (χ2n) is 5.09. The van der Waals surface area contributed by atoms with Crippen molar-refractivity contribution < 1.29 is 14.7 Å². The zero-order valence-corrected chi connectivity index (χ0v) is 11.3. The van der Waals surface area contributed by atoms with Gasteiger partial charge in [0.2, 0.25) is 5.91 Å². The highest BCUT2D eigenvalue weighted by Crippen LogP contribution is 2.18. The van der Waals surface area contributed by atoms with Gasteiger partial charge in [-0.15, -0.1) is 0 Å². The van der Waals surface area contributed by atoms with E-state index in [-0.39, 0.29) is 18.2 Å². The zero-order valence-electron chi connectivity index (χ0n) is 11.3. The van der Waals surface area contributed by atoms with Gasteiger partial charge < -0.3 is 10.4 Å². The standard InChI is InChI=1S/C16H19NO3/c18-15(19)10-12-6-8-13(9-7-12)11-17-16(20)14-4-2-1-3-5-14/h1-2,6-9,14H,3-5,10-11H2,(H,17,20)(H,18,19). The Morgan fingerprint density at radius 2 is 1.85 bits per heavy atom. The number of hydrogen-bond acceptors (Lipinski definition) is 2. The molecule has 1 unspecified atom stereocenters. The molecular weight excluding hydrogens is 254 g/mol. The second kappa shape index (κ2) is 6.89. The summed E-state index contributed by atoms with van der Waals surface area (Å²) in [6.07, 6.45) is 6.92. The minimum Gasteiger partial charge on any atom is -0.481 e. The van der Waals surface area contributed by atoms with Crippen LogP contribution in [0.1, 0.15) is 30.4 Å². The molecule has 20 heavy (non-hydrogen) atoms. The minimum atomic E-state index is -0.837. The summed E-state index contributed by atoms with van der Waals surface area (Å²) in [6, 6.07) is 7.30. The van der Waals surface area contributed by atoms with E-state index < -0.39 is 5.97 Å². The number of aliphatic carboxylic acids is 1. The molecule has 1 aromatic carbocycles.